The average Bonchev–Trinajstić information content (AvgIpc) is 2.88. The number of thiophene rings is 1. The van der Waals surface area contributed by atoms with Gasteiger partial charge in [0.05, 0.1) is 11.4 Å². The summed E-state index contributed by atoms with van der Waals surface area (Å²) in [5, 5.41) is 2.64. The van der Waals surface area contributed by atoms with Gasteiger partial charge >= 0.3 is 6.09 Å². The molecule has 0 aliphatic rings. The summed E-state index contributed by atoms with van der Waals surface area (Å²) in [5.74, 6) is 0.736. The first-order valence-corrected chi connectivity index (χ1v) is 7.56. The van der Waals surface area contributed by atoms with Crippen LogP contribution >= 0.6 is 22.9 Å². The van der Waals surface area contributed by atoms with Crippen LogP contribution in [0.4, 0.5) is 10.5 Å². The Labute approximate surface area is 132 Å². The lowest BCUT2D eigenvalue weighted by Gasteiger charge is -2.15. The number of methoxy groups -OCH3 is 1. The monoisotopic (exact) mass is 325 g/mol. The fourth-order valence-corrected chi connectivity index (χ4v) is 2.86. The molecule has 0 saturated carbocycles. The summed E-state index contributed by atoms with van der Waals surface area (Å²) >= 11 is 7.43. The summed E-state index contributed by atoms with van der Waals surface area (Å²) in [6.45, 7) is 3.86. The van der Waals surface area contributed by atoms with E-state index in [1.165, 1.54) is 18.4 Å². The third-order valence-electron chi connectivity index (χ3n) is 2.93. The Kier molecular flexibility index (Phi) is 5.09. The second kappa shape index (κ2) is 6.83. The highest BCUT2D eigenvalue weighted by molar-refractivity contribution is 7.16. The molecule has 0 aliphatic heterocycles. The summed E-state index contributed by atoms with van der Waals surface area (Å²) in [4.78, 5) is 12.3. The Bertz CT molecular complexity index is 642. The SMILES string of the molecule is COC(=O)Nc1ccc(OC(C)c2ccc(Cl)s2)cc1C. The van der Waals surface area contributed by atoms with Crippen molar-refractivity contribution < 1.29 is 14.3 Å². The Balaban J connectivity index is 2.07. The van der Waals surface area contributed by atoms with Crippen LogP contribution in [0.2, 0.25) is 4.34 Å². The van der Waals surface area contributed by atoms with E-state index >= 15 is 0 Å². The maximum absolute atomic E-state index is 11.2. The van der Waals surface area contributed by atoms with Gasteiger partial charge in [-0.1, -0.05) is 11.6 Å². The average molecular weight is 326 g/mol. The van der Waals surface area contributed by atoms with Crippen molar-refractivity contribution in [3.63, 3.8) is 0 Å². The number of benzene rings is 1. The lowest BCUT2D eigenvalue weighted by atomic mass is 10.2. The summed E-state index contributed by atoms with van der Waals surface area (Å²) in [6.07, 6.45) is -0.574. The summed E-state index contributed by atoms with van der Waals surface area (Å²) in [6, 6.07) is 9.28. The molecule has 4 nitrogen and oxygen atoms in total. The molecule has 0 aliphatic carbocycles. The number of anilines is 1. The van der Waals surface area contributed by atoms with Crippen molar-refractivity contribution in [3.05, 3.63) is 45.1 Å². The van der Waals surface area contributed by atoms with Crippen LogP contribution in [0.15, 0.2) is 30.3 Å². The van der Waals surface area contributed by atoms with Crippen molar-refractivity contribution in [2.45, 2.75) is 20.0 Å². The van der Waals surface area contributed by atoms with Gasteiger partial charge in [0.2, 0.25) is 0 Å². The van der Waals surface area contributed by atoms with E-state index in [9.17, 15) is 4.79 Å². The van der Waals surface area contributed by atoms with Gasteiger partial charge in [-0.25, -0.2) is 4.79 Å². The number of amides is 1. The molecule has 1 N–H and O–H groups in total. The van der Waals surface area contributed by atoms with E-state index in [4.69, 9.17) is 16.3 Å². The molecule has 1 heterocycles. The molecule has 0 spiro atoms. The van der Waals surface area contributed by atoms with Crippen molar-refractivity contribution in [2.24, 2.45) is 0 Å². The first-order valence-electron chi connectivity index (χ1n) is 6.37. The van der Waals surface area contributed by atoms with E-state index in [-0.39, 0.29) is 6.10 Å². The number of carbonyl (C=O) groups excluding carboxylic acids is 1. The molecule has 2 rings (SSSR count). The lowest BCUT2D eigenvalue weighted by molar-refractivity contribution is 0.187. The van der Waals surface area contributed by atoms with Crippen LogP contribution in [0.3, 0.4) is 0 Å². The molecule has 0 fully saturated rings. The summed E-state index contributed by atoms with van der Waals surface area (Å²) in [7, 11) is 1.33. The minimum Gasteiger partial charge on any atom is -0.485 e. The largest absolute Gasteiger partial charge is 0.485 e. The number of carbonyl (C=O) groups is 1. The molecule has 1 aromatic heterocycles. The van der Waals surface area contributed by atoms with E-state index in [0.29, 0.717) is 5.69 Å². The summed E-state index contributed by atoms with van der Waals surface area (Å²) < 4.78 is 11.2. The van der Waals surface area contributed by atoms with Gasteiger partial charge in [0.1, 0.15) is 11.9 Å². The second-order valence-electron chi connectivity index (χ2n) is 4.50. The maximum atomic E-state index is 11.2. The van der Waals surface area contributed by atoms with Gasteiger partial charge in [0.25, 0.3) is 0 Å². The molecule has 0 radical (unpaired) electrons. The Morgan fingerprint density at radius 1 is 1.33 bits per heavy atom. The predicted molar refractivity (Wildman–Crippen MR) is 85.6 cm³/mol. The molecule has 1 aromatic carbocycles. The van der Waals surface area contributed by atoms with Crippen LogP contribution in [0, 0.1) is 6.92 Å². The lowest BCUT2D eigenvalue weighted by Crippen LogP contribution is -2.12. The maximum Gasteiger partial charge on any atom is 0.411 e. The zero-order valence-corrected chi connectivity index (χ0v) is 13.5. The van der Waals surface area contributed by atoms with Crippen molar-refractivity contribution in [1.29, 1.82) is 0 Å². The fraction of sp³-hybridized carbons (Fsp3) is 0.267. The predicted octanol–water partition coefficient (Wildman–Crippen LogP) is 5.03. The van der Waals surface area contributed by atoms with Gasteiger partial charge in [-0.3, -0.25) is 5.32 Å². The molecular weight excluding hydrogens is 310 g/mol. The topological polar surface area (TPSA) is 47.6 Å². The minimum atomic E-state index is -0.492. The van der Waals surface area contributed by atoms with Gasteiger partial charge in [0.15, 0.2) is 0 Å². The van der Waals surface area contributed by atoms with Gasteiger partial charge in [-0.15, -0.1) is 11.3 Å². The van der Waals surface area contributed by atoms with Crippen molar-refractivity contribution >= 4 is 34.7 Å². The van der Waals surface area contributed by atoms with E-state index in [2.05, 4.69) is 10.1 Å². The van der Waals surface area contributed by atoms with Crippen LogP contribution in [-0.2, 0) is 4.74 Å². The number of halogens is 1. The Morgan fingerprint density at radius 2 is 2.10 bits per heavy atom. The summed E-state index contributed by atoms with van der Waals surface area (Å²) in [5.41, 5.74) is 1.59. The number of hydrogen-bond donors (Lipinski definition) is 1. The quantitative estimate of drug-likeness (QED) is 0.857. The second-order valence-corrected chi connectivity index (χ2v) is 6.24. The molecule has 6 heteroatoms. The van der Waals surface area contributed by atoms with Crippen LogP contribution < -0.4 is 10.1 Å². The normalized spacial score (nSPS) is 11.8. The third kappa shape index (κ3) is 4.12. The van der Waals surface area contributed by atoms with Gasteiger partial charge in [-0.05, 0) is 49.7 Å². The zero-order valence-electron chi connectivity index (χ0n) is 12.0. The number of aryl methyl sites for hydroxylation is 1. The van der Waals surface area contributed by atoms with E-state index in [1.54, 1.807) is 6.07 Å². The third-order valence-corrected chi connectivity index (χ3v) is 4.32. The highest BCUT2D eigenvalue weighted by Crippen LogP contribution is 2.31. The highest BCUT2D eigenvalue weighted by atomic mass is 35.5. The van der Waals surface area contributed by atoms with Gasteiger partial charge in [0, 0.05) is 10.6 Å². The van der Waals surface area contributed by atoms with Crippen LogP contribution in [-0.4, -0.2) is 13.2 Å². The van der Waals surface area contributed by atoms with Crippen molar-refractivity contribution in [2.75, 3.05) is 12.4 Å². The smallest absolute Gasteiger partial charge is 0.411 e. The minimum absolute atomic E-state index is 0.0821. The fourth-order valence-electron chi connectivity index (χ4n) is 1.82. The van der Waals surface area contributed by atoms with E-state index < -0.39 is 6.09 Å². The first kappa shape index (κ1) is 15.7. The first-order chi connectivity index (χ1) is 9.99. The number of nitrogens with one attached hydrogen (secondary N) is 1. The van der Waals surface area contributed by atoms with E-state index in [0.717, 1.165) is 20.5 Å². The molecule has 1 unspecified atom stereocenters. The molecule has 2 aromatic rings. The number of hydrogen-bond acceptors (Lipinski definition) is 4. The molecule has 0 bridgehead atoms. The Morgan fingerprint density at radius 3 is 2.67 bits per heavy atom. The zero-order chi connectivity index (χ0) is 15.4. The molecule has 0 saturated heterocycles. The number of ether oxygens (including phenoxy) is 2. The van der Waals surface area contributed by atoms with E-state index in [1.807, 2.05) is 38.1 Å². The van der Waals surface area contributed by atoms with Crippen LogP contribution in [0.25, 0.3) is 0 Å². The molecule has 21 heavy (non-hydrogen) atoms. The van der Waals surface area contributed by atoms with Gasteiger partial charge in [-0.2, -0.15) is 0 Å². The molecule has 1 amide bonds. The van der Waals surface area contributed by atoms with Crippen LogP contribution in [0.5, 0.6) is 5.75 Å². The molecule has 1 atom stereocenters. The van der Waals surface area contributed by atoms with Gasteiger partial charge < -0.3 is 9.47 Å². The molecular formula is C15H16ClNO3S. The number of rotatable bonds is 4. The Hall–Kier alpha value is -1.72. The van der Waals surface area contributed by atoms with Crippen LogP contribution in [0.1, 0.15) is 23.5 Å². The highest BCUT2D eigenvalue weighted by Gasteiger charge is 2.11. The molecule has 112 valence electrons. The standard InChI is InChI=1S/C15H16ClNO3S/c1-9-8-11(4-5-12(9)17-15(18)19-3)20-10(2)13-6-7-14(16)21-13/h4-8,10H,1-3H3,(H,17,18). The van der Waals surface area contributed by atoms with Crippen molar-refractivity contribution in [3.8, 4) is 5.75 Å². The van der Waals surface area contributed by atoms with Crippen molar-refractivity contribution in [1.82, 2.24) is 0 Å².